The number of hydrogen-bond donors (Lipinski definition) is 1. The van der Waals surface area contributed by atoms with Gasteiger partial charge < -0.3 is 29.0 Å². The summed E-state index contributed by atoms with van der Waals surface area (Å²) in [5, 5.41) is 8.98. The molecule has 2 fully saturated rings. The summed E-state index contributed by atoms with van der Waals surface area (Å²) in [6.45, 7) is 4.17. The average molecular weight is 468 g/mol. The molecule has 3 aliphatic heterocycles. The summed E-state index contributed by atoms with van der Waals surface area (Å²) in [4.78, 5) is 26.4. The van der Waals surface area contributed by atoms with Crippen molar-refractivity contribution in [1.29, 1.82) is 0 Å². The van der Waals surface area contributed by atoms with Gasteiger partial charge in [0.2, 0.25) is 0 Å². The minimum atomic E-state index is -1.09. The third-order valence-electron chi connectivity index (χ3n) is 7.19. The first kappa shape index (κ1) is 22.5. The van der Waals surface area contributed by atoms with Gasteiger partial charge in [0, 0.05) is 18.0 Å². The van der Waals surface area contributed by atoms with Gasteiger partial charge >= 0.3 is 5.97 Å². The van der Waals surface area contributed by atoms with Crippen LogP contribution in [0.4, 0.5) is 0 Å². The van der Waals surface area contributed by atoms with E-state index in [-0.39, 0.29) is 35.8 Å². The van der Waals surface area contributed by atoms with Gasteiger partial charge in [-0.1, -0.05) is 24.3 Å². The number of rotatable bonds is 5. The maximum atomic E-state index is 13.6. The molecule has 8 nitrogen and oxygen atoms in total. The Kier molecular flexibility index (Phi) is 5.64. The SMILES string of the molecule is COc1cccc2c1OC(C)(C)[C@@H]1C[C@H]3[C@@H](CCN3C(=O)c3ccccc3OCC(=O)O)O[C@@H]21. The van der Waals surface area contributed by atoms with Crippen LogP contribution in [-0.4, -0.2) is 59.9 Å². The normalized spacial score (nSPS) is 26.5. The van der Waals surface area contributed by atoms with Crippen molar-refractivity contribution >= 4 is 11.9 Å². The molecule has 0 radical (unpaired) electrons. The fourth-order valence-corrected chi connectivity index (χ4v) is 5.55. The van der Waals surface area contributed by atoms with Gasteiger partial charge in [0.05, 0.1) is 30.9 Å². The molecular formula is C26H29NO7. The zero-order valence-corrected chi connectivity index (χ0v) is 19.5. The van der Waals surface area contributed by atoms with Crippen LogP contribution in [0.1, 0.15) is 48.7 Å². The van der Waals surface area contributed by atoms with E-state index < -0.39 is 18.2 Å². The van der Waals surface area contributed by atoms with Crippen molar-refractivity contribution in [3.63, 3.8) is 0 Å². The first-order valence-corrected chi connectivity index (χ1v) is 11.6. The number of carbonyl (C=O) groups is 2. The number of amides is 1. The van der Waals surface area contributed by atoms with Crippen molar-refractivity contribution in [1.82, 2.24) is 4.90 Å². The fourth-order valence-electron chi connectivity index (χ4n) is 5.55. The van der Waals surface area contributed by atoms with Crippen molar-refractivity contribution in [3.05, 3.63) is 53.6 Å². The average Bonchev–Trinajstić information content (AvgIpc) is 3.24. The van der Waals surface area contributed by atoms with Crippen LogP contribution in [-0.2, 0) is 9.53 Å². The fraction of sp³-hybridized carbons (Fsp3) is 0.462. The van der Waals surface area contributed by atoms with E-state index in [0.717, 1.165) is 24.2 Å². The highest BCUT2D eigenvalue weighted by molar-refractivity contribution is 5.97. The van der Waals surface area contributed by atoms with Crippen LogP contribution in [0.2, 0.25) is 0 Å². The molecule has 2 saturated heterocycles. The molecule has 0 spiro atoms. The molecule has 0 aliphatic carbocycles. The highest BCUT2D eigenvalue weighted by Gasteiger charge is 2.54. The van der Waals surface area contributed by atoms with Crippen LogP contribution in [0.25, 0.3) is 0 Å². The van der Waals surface area contributed by atoms with E-state index in [9.17, 15) is 9.59 Å². The Labute approximate surface area is 198 Å². The van der Waals surface area contributed by atoms with Gasteiger partial charge in [-0.05, 0) is 44.9 Å². The van der Waals surface area contributed by atoms with E-state index in [2.05, 4.69) is 13.8 Å². The molecule has 8 heteroatoms. The van der Waals surface area contributed by atoms with Gasteiger partial charge in [0.25, 0.3) is 5.91 Å². The molecule has 4 atom stereocenters. The zero-order valence-electron chi connectivity index (χ0n) is 19.5. The van der Waals surface area contributed by atoms with Crippen LogP contribution in [0, 0.1) is 5.92 Å². The lowest BCUT2D eigenvalue weighted by Crippen LogP contribution is -2.54. The number of aliphatic carboxylic acids is 1. The van der Waals surface area contributed by atoms with Crippen molar-refractivity contribution in [2.75, 3.05) is 20.3 Å². The molecular weight excluding hydrogens is 438 g/mol. The molecule has 5 rings (SSSR count). The van der Waals surface area contributed by atoms with Crippen molar-refractivity contribution < 1.29 is 33.6 Å². The molecule has 2 aromatic rings. The van der Waals surface area contributed by atoms with Crippen molar-refractivity contribution in [2.45, 2.75) is 50.5 Å². The number of carboxylic acids is 1. The molecule has 3 heterocycles. The van der Waals surface area contributed by atoms with Gasteiger partial charge in [-0.3, -0.25) is 4.79 Å². The van der Waals surface area contributed by atoms with Crippen molar-refractivity contribution in [3.8, 4) is 17.2 Å². The van der Waals surface area contributed by atoms with Crippen LogP contribution in [0.15, 0.2) is 42.5 Å². The Bertz CT molecular complexity index is 1110. The second-order valence-electron chi connectivity index (χ2n) is 9.55. The lowest BCUT2D eigenvalue weighted by Gasteiger charge is -2.50. The van der Waals surface area contributed by atoms with Gasteiger partial charge in [-0.15, -0.1) is 0 Å². The summed E-state index contributed by atoms with van der Waals surface area (Å²) in [7, 11) is 1.63. The lowest BCUT2D eigenvalue weighted by atomic mass is 9.74. The molecule has 180 valence electrons. The third-order valence-corrected chi connectivity index (χ3v) is 7.19. The first-order chi connectivity index (χ1) is 16.3. The number of para-hydroxylation sites is 2. The summed E-state index contributed by atoms with van der Waals surface area (Å²) in [5.41, 5.74) is 0.831. The van der Waals surface area contributed by atoms with E-state index in [1.54, 1.807) is 31.4 Å². The second-order valence-corrected chi connectivity index (χ2v) is 9.55. The van der Waals surface area contributed by atoms with Crippen molar-refractivity contribution in [2.24, 2.45) is 5.92 Å². The molecule has 1 amide bonds. The lowest BCUT2D eigenvalue weighted by molar-refractivity contribution is -0.160. The number of ether oxygens (including phenoxy) is 4. The maximum absolute atomic E-state index is 13.6. The maximum Gasteiger partial charge on any atom is 0.341 e. The van der Waals surface area contributed by atoms with E-state index in [0.29, 0.717) is 17.9 Å². The topological polar surface area (TPSA) is 94.5 Å². The predicted octanol–water partition coefficient (Wildman–Crippen LogP) is 3.69. The Balaban J connectivity index is 1.42. The summed E-state index contributed by atoms with van der Waals surface area (Å²) in [5.74, 6) is 0.468. The van der Waals surface area contributed by atoms with Gasteiger partial charge in [-0.2, -0.15) is 0 Å². The summed E-state index contributed by atoms with van der Waals surface area (Å²) in [6, 6.07) is 12.5. The minimum absolute atomic E-state index is 0.0419. The smallest absolute Gasteiger partial charge is 0.341 e. The van der Waals surface area contributed by atoms with Crippen LogP contribution < -0.4 is 14.2 Å². The largest absolute Gasteiger partial charge is 0.493 e. The number of methoxy groups -OCH3 is 1. The summed E-state index contributed by atoms with van der Waals surface area (Å²) in [6.07, 6.45) is 1.24. The summed E-state index contributed by atoms with van der Waals surface area (Å²) >= 11 is 0. The number of hydrogen-bond acceptors (Lipinski definition) is 6. The third kappa shape index (κ3) is 3.76. The molecule has 0 saturated carbocycles. The Morgan fingerprint density at radius 3 is 2.68 bits per heavy atom. The predicted molar refractivity (Wildman–Crippen MR) is 122 cm³/mol. The van der Waals surface area contributed by atoms with E-state index in [1.807, 2.05) is 23.1 Å². The van der Waals surface area contributed by atoms with Crippen LogP contribution in [0.3, 0.4) is 0 Å². The number of carbonyl (C=O) groups excluding carboxylic acids is 1. The van der Waals surface area contributed by atoms with Crippen LogP contribution in [0.5, 0.6) is 17.2 Å². The zero-order chi connectivity index (χ0) is 24.0. The van der Waals surface area contributed by atoms with E-state index >= 15 is 0 Å². The molecule has 3 aliphatic rings. The molecule has 34 heavy (non-hydrogen) atoms. The van der Waals surface area contributed by atoms with Gasteiger partial charge in [0.1, 0.15) is 11.4 Å². The number of carboxylic acid groups (broad SMARTS) is 1. The molecule has 0 bridgehead atoms. The highest BCUT2D eigenvalue weighted by atomic mass is 16.5. The minimum Gasteiger partial charge on any atom is -0.493 e. The van der Waals surface area contributed by atoms with E-state index in [4.69, 9.17) is 24.1 Å². The Morgan fingerprint density at radius 2 is 1.91 bits per heavy atom. The summed E-state index contributed by atoms with van der Waals surface area (Å²) < 4.78 is 24.0. The highest BCUT2D eigenvalue weighted by Crippen LogP contribution is 2.54. The van der Waals surface area contributed by atoms with E-state index in [1.165, 1.54) is 0 Å². The number of nitrogens with zero attached hydrogens (tertiary/aromatic N) is 1. The number of benzene rings is 2. The molecule has 0 unspecified atom stereocenters. The van der Waals surface area contributed by atoms with Gasteiger partial charge in [0.15, 0.2) is 18.1 Å². The Hall–Kier alpha value is -3.26. The molecule has 0 aromatic heterocycles. The standard InChI is InChI=1S/C26H29NO7/c1-26(2)17-13-18-20(33-23(17)16-8-6-10-21(31-3)24(16)34-26)11-12-27(18)25(30)15-7-4-5-9-19(15)32-14-22(28)29/h4-10,17-18,20,23H,11-14H2,1-3H3,(H,28,29)/t17-,18+,20-,23+/m1/s1. The first-order valence-electron chi connectivity index (χ1n) is 11.6. The second kappa shape index (κ2) is 8.51. The van der Waals surface area contributed by atoms with Gasteiger partial charge in [-0.25, -0.2) is 4.79 Å². The number of fused-ring (bicyclic) bond motifs is 4. The molecule has 1 N–H and O–H groups in total. The number of likely N-dealkylation sites (tertiary alicyclic amines) is 1. The van der Waals surface area contributed by atoms with Crippen LogP contribution >= 0.6 is 0 Å². The quantitative estimate of drug-likeness (QED) is 0.717. The molecule has 2 aromatic carbocycles. The Morgan fingerprint density at radius 1 is 1.15 bits per heavy atom. The monoisotopic (exact) mass is 467 g/mol.